The minimum Gasteiger partial charge on any atom is -0.396 e. The number of aromatic nitrogens is 5. The Morgan fingerprint density at radius 1 is 0.959 bits per heavy atom. The third-order valence-corrected chi connectivity index (χ3v) is 11.8. The molecule has 13 heteroatoms. The highest BCUT2D eigenvalue weighted by molar-refractivity contribution is 7.90. The van der Waals surface area contributed by atoms with Crippen LogP contribution in [0.3, 0.4) is 0 Å². The van der Waals surface area contributed by atoms with Gasteiger partial charge in [-0.15, -0.1) is 0 Å². The summed E-state index contributed by atoms with van der Waals surface area (Å²) in [6.45, 7) is 9.22. The predicted octanol–water partition coefficient (Wildman–Crippen LogP) is 3.57. The topological polar surface area (TPSA) is 133 Å². The molecule has 0 radical (unpaired) electrons. The Morgan fingerprint density at radius 3 is 2.43 bits per heavy atom. The lowest BCUT2D eigenvalue weighted by atomic mass is 9.81. The number of aliphatic hydroxyl groups excluding tert-OH is 1. The quantitative estimate of drug-likeness (QED) is 0.252. The first-order chi connectivity index (χ1) is 23.7. The molecule has 0 spiro atoms. The summed E-state index contributed by atoms with van der Waals surface area (Å²) in [5.74, 6) is 8.21. The van der Waals surface area contributed by atoms with Crippen molar-refractivity contribution in [2.75, 3.05) is 63.1 Å². The van der Waals surface area contributed by atoms with Crippen LogP contribution in [0.5, 0.6) is 0 Å². The molecule has 12 nitrogen and oxygen atoms in total. The van der Waals surface area contributed by atoms with Crippen LogP contribution in [0, 0.1) is 17.3 Å². The number of aliphatic hydroxyl groups is 1. The van der Waals surface area contributed by atoms with Crippen molar-refractivity contribution in [1.82, 2.24) is 33.9 Å². The number of benzene rings is 1. The van der Waals surface area contributed by atoms with Gasteiger partial charge in [0.25, 0.3) is 10.0 Å². The van der Waals surface area contributed by atoms with E-state index in [1.807, 2.05) is 6.07 Å². The molecular weight excluding hydrogens is 639 g/mol. The van der Waals surface area contributed by atoms with Crippen molar-refractivity contribution < 1.29 is 13.5 Å². The smallest absolute Gasteiger partial charge is 0.256 e. The molecule has 0 amide bonds. The average molecular weight is 682 g/mol. The monoisotopic (exact) mass is 681 g/mol. The van der Waals surface area contributed by atoms with Gasteiger partial charge < -0.3 is 20.2 Å². The number of piperazine rings is 1. The molecule has 0 bridgehead atoms. The number of hydrogen-bond acceptors (Lipinski definition) is 11. The molecular formula is C36H43N9O3S. The first-order valence-corrected chi connectivity index (χ1v) is 18.5. The van der Waals surface area contributed by atoms with E-state index in [1.165, 1.54) is 18.0 Å². The predicted molar refractivity (Wildman–Crippen MR) is 190 cm³/mol. The van der Waals surface area contributed by atoms with Crippen molar-refractivity contribution in [2.24, 2.45) is 5.41 Å². The van der Waals surface area contributed by atoms with E-state index in [1.54, 1.807) is 18.5 Å². The molecule has 3 aliphatic rings. The Labute approximate surface area is 288 Å². The van der Waals surface area contributed by atoms with Crippen LogP contribution in [0.2, 0.25) is 0 Å². The van der Waals surface area contributed by atoms with E-state index in [0.717, 1.165) is 79.6 Å². The maximum absolute atomic E-state index is 12.6. The number of rotatable bonds is 9. The second-order valence-electron chi connectivity index (χ2n) is 13.8. The molecule has 256 valence electrons. The Kier molecular flexibility index (Phi) is 9.39. The number of hydrogen-bond donors (Lipinski definition) is 2. The van der Waals surface area contributed by atoms with E-state index in [4.69, 9.17) is 4.98 Å². The summed E-state index contributed by atoms with van der Waals surface area (Å²) in [6.07, 6.45) is 9.42. The van der Waals surface area contributed by atoms with Gasteiger partial charge in [-0.25, -0.2) is 23.4 Å². The van der Waals surface area contributed by atoms with Crippen molar-refractivity contribution in [1.29, 1.82) is 0 Å². The molecule has 5 heterocycles. The van der Waals surface area contributed by atoms with Crippen molar-refractivity contribution in [3.63, 3.8) is 0 Å². The van der Waals surface area contributed by atoms with Crippen LogP contribution in [0.1, 0.15) is 49.3 Å². The van der Waals surface area contributed by atoms with Gasteiger partial charge in [0.2, 0.25) is 0 Å². The zero-order chi connectivity index (χ0) is 34.0. The summed E-state index contributed by atoms with van der Waals surface area (Å²) in [7, 11) is -1.31. The number of likely N-dealkylation sites (N-methyl/N-ethyl adjacent to an activating group) is 1. The summed E-state index contributed by atoms with van der Waals surface area (Å²) in [5, 5.41) is 17.0. The van der Waals surface area contributed by atoms with E-state index in [9.17, 15) is 13.5 Å². The third kappa shape index (κ3) is 7.78. The number of anilines is 3. The minimum absolute atomic E-state index is 0.0918. The standard InChI is InChI=1S/C36H43N9O3S/c1-36(26-46)12-15-44(16-13-36)32-21-34(40-33-11-14-37-35(41-33)30-23-39-45(25-30)49(47,48)31-9-10-31)38-22-29(32)8-7-27-3-5-28(6-4-27)24-43-19-17-42(2)18-20-43/h3-6,11,14,21-23,25,31,46H,9-10,12-13,15-20,24,26H2,1-2H3,(H,37,38,40,41). The third-order valence-electron chi connectivity index (χ3n) is 9.81. The molecule has 2 saturated heterocycles. The van der Waals surface area contributed by atoms with Gasteiger partial charge in [-0.1, -0.05) is 30.9 Å². The molecule has 1 aromatic carbocycles. The Bertz CT molecular complexity index is 1950. The molecule has 2 aliphatic heterocycles. The zero-order valence-electron chi connectivity index (χ0n) is 28.1. The van der Waals surface area contributed by atoms with E-state index >= 15 is 0 Å². The van der Waals surface area contributed by atoms with Gasteiger partial charge in [-0.05, 0) is 61.9 Å². The van der Waals surface area contributed by atoms with Crippen LogP contribution in [0.25, 0.3) is 11.4 Å². The Morgan fingerprint density at radius 2 is 1.71 bits per heavy atom. The lowest BCUT2D eigenvalue weighted by molar-refractivity contribution is 0.115. The van der Waals surface area contributed by atoms with Gasteiger partial charge in [0.1, 0.15) is 11.6 Å². The fourth-order valence-electron chi connectivity index (χ4n) is 6.19. The number of nitrogens with one attached hydrogen (secondary N) is 1. The molecule has 2 N–H and O–H groups in total. The second-order valence-corrected chi connectivity index (χ2v) is 15.9. The van der Waals surface area contributed by atoms with Gasteiger partial charge in [0, 0.05) is 76.4 Å². The van der Waals surface area contributed by atoms with Gasteiger partial charge in [0.15, 0.2) is 5.82 Å². The summed E-state index contributed by atoms with van der Waals surface area (Å²) in [6, 6.07) is 12.3. The van der Waals surface area contributed by atoms with Crippen molar-refractivity contribution in [3.8, 4) is 23.2 Å². The lowest BCUT2D eigenvalue weighted by Crippen LogP contribution is -2.43. The minimum atomic E-state index is -3.48. The largest absolute Gasteiger partial charge is 0.396 e. The lowest BCUT2D eigenvalue weighted by Gasteiger charge is -2.39. The molecule has 3 fully saturated rings. The summed E-state index contributed by atoms with van der Waals surface area (Å²) < 4.78 is 26.3. The summed E-state index contributed by atoms with van der Waals surface area (Å²) in [5.41, 5.74) is 4.46. The fourth-order valence-corrected chi connectivity index (χ4v) is 7.67. The molecule has 0 atom stereocenters. The second kappa shape index (κ2) is 13.9. The van der Waals surface area contributed by atoms with E-state index < -0.39 is 10.0 Å². The zero-order valence-corrected chi connectivity index (χ0v) is 28.9. The normalized spacial score (nSPS) is 18.6. The summed E-state index contributed by atoms with van der Waals surface area (Å²) >= 11 is 0. The molecule has 1 saturated carbocycles. The van der Waals surface area contributed by atoms with Crippen molar-refractivity contribution in [2.45, 2.75) is 44.4 Å². The Hall–Kier alpha value is -4.35. The molecule has 49 heavy (non-hydrogen) atoms. The van der Waals surface area contributed by atoms with E-state index in [-0.39, 0.29) is 17.3 Å². The van der Waals surface area contributed by atoms with Crippen molar-refractivity contribution in [3.05, 3.63) is 77.9 Å². The highest BCUT2D eigenvalue weighted by atomic mass is 32.2. The van der Waals surface area contributed by atoms with Crippen LogP contribution in [0.4, 0.5) is 17.3 Å². The van der Waals surface area contributed by atoms with Crippen LogP contribution in [-0.4, -0.2) is 106 Å². The number of piperidine rings is 1. The van der Waals surface area contributed by atoms with Crippen LogP contribution in [0.15, 0.2) is 61.2 Å². The maximum atomic E-state index is 12.6. The molecule has 3 aromatic heterocycles. The average Bonchev–Trinajstić information content (AvgIpc) is 3.87. The molecule has 7 rings (SSSR count). The van der Waals surface area contributed by atoms with Gasteiger partial charge in [0.05, 0.1) is 34.5 Å². The highest BCUT2D eigenvalue weighted by Crippen LogP contribution is 2.35. The van der Waals surface area contributed by atoms with Gasteiger partial charge in [-0.3, -0.25) is 4.90 Å². The Balaban J connectivity index is 1.10. The SMILES string of the molecule is CN1CCN(Cc2ccc(C#Cc3cnc(Nc4ccnc(-c5cnn(S(=O)(=O)C6CC6)c5)n4)cc3N3CCC(C)(CO)CC3)cc2)CC1. The van der Waals surface area contributed by atoms with Crippen molar-refractivity contribution >= 4 is 27.3 Å². The highest BCUT2D eigenvalue weighted by Gasteiger charge is 2.38. The van der Waals surface area contributed by atoms with E-state index in [2.05, 4.69) is 85.2 Å². The molecule has 0 unspecified atom stereocenters. The molecule has 4 aromatic rings. The number of pyridine rings is 1. The van der Waals surface area contributed by atoms with Gasteiger partial charge in [-0.2, -0.15) is 9.19 Å². The van der Waals surface area contributed by atoms with Crippen LogP contribution >= 0.6 is 0 Å². The fraction of sp³-hybridized carbons (Fsp3) is 0.444. The van der Waals surface area contributed by atoms with Crippen LogP contribution in [-0.2, 0) is 16.6 Å². The van der Waals surface area contributed by atoms with Gasteiger partial charge >= 0.3 is 0 Å². The molecule has 1 aliphatic carbocycles. The first-order valence-electron chi connectivity index (χ1n) is 16.9. The van der Waals surface area contributed by atoms with E-state index in [0.29, 0.717) is 35.9 Å². The van der Waals surface area contributed by atoms with Crippen LogP contribution < -0.4 is 10.2 Å². The summed E-state index contributed by atoms with van der Waals surface area (Å²) in [4.78, 5) is 20.8. The first kappa shape index (κ1) is 33.2. The maximum Gasteiger partial charge on any atom is 0.256 e. The number of nitrogens with zero attached hydrogens (tertiary/aromatic N) is 8.